The smallest absolute Gasteiger partial charge is 0.404 e. The average molecular weight is 351 g/mol. The highest BCUT2D eigenvalue weighted by molar-refractivity contribution is 5.94. The van der Waals surface area contributed by atoms with Gasteiger partial charge in [0.05, 0.1) is 12.7 Å². The molecule has 3 rings (SSSR count). The molecule has 1 aromatic rings. The van der Waals surface area contributed by atoms with Gasteiger partial charge in [-0.05, 0) is 31.1 Å². The highest BCUT2D eigenvalue weighted by Gasteiger charge is 2.53. The summed E-state index contributed by atoms with van der Waals surface area (Å²) in [6.07, 6.45) is 3.82. The molecule has 1 spiro atoms. The summed E-state index contributed by atoms with van der Waals surface area (Å²) in [5.74, 6) is -0.596. The van der Waals surface area contributed by atoms with Crippen molar-refractivity contribution in [3.05, 3.63) is 11.8 Å². The van der Waals surface area contributed by atoms with E-state index < -0.39 is 12.0 Å². The van der Waals surface area contributed by atoms with Crippen molar-refractivity contribution in [2.75, 3.05) is 13.2 Å². The average Bonchev–Trinajstić information content (AvgIpc) is 2.47. The SMILES string of the molecule is NC(=O)c1cnc(OCCNC(=O)O)nc1OC1CC2(CC(N)C2)C1. The van der Waals surface area contributed by atoms with Crippen LogP contribution in [0.2, 0.25) is 0 Å². The van der Waals surface area contributed by atoms with Crippen molar-refractivity contribution in [3.8, 4) is 11.9 Å². The van der Waals surface area contributed by atoms with Crippen LogP contribution >= 0.6 is 0 Å². The van der Waals surface area contributed by atoms with E-state index in [1.807, 2.05) is 0 Å². The first kappa shape index (κ1) is 17.2. The second-order valence-electron chi connectivity index (χ2n) is 6.63. The zero-order valence-electron chi connectivity index (χ0n) is 13.6. The monoisotopic (exact) mass is 351 g/mol. The molecular weight excluding hydrogens is 330 g/mol. The third kappa shape index (κ3) is 3.90. The van der Waals surface area contributed by atoms with Crippen LogP contribution in [0.15, 0.2) is 6.20 Å². The van der Waals surface area contributed by atoms with Gasteiger partial charge in [-0.25, -0.2) is 9.78 Å². The standard InChI is InChI=1S/C15H21N5O5/c16-8-3-15(4-8)5-9(6-15)25-12-10(11(17)21)7-19-13(20-12)24-2-1-18-14(22)23/h7-9,18H,1-6,16H2,(H2,17,21)(H,22,23). The number of hydrogen-bond donors (Lipinski definition) is 4. The number of carbonyl (C=O) groups is 2. The van der Waals surface area contributed by atoms with Crippen LogP contribution in [0.4, 0.5) is 4.79 Å². The Labute approximate surface area is 143 Å². The predicted molar refractivity (Wildman–Crippen MR) is 85.4 cm³/mol. The topological polar surface area (TPSA) is 163 Å². The van der Waals surface area contributed by atoms with E-state index in [-0.39, 0.29) is 48.2 Å². The summed E-state index contributed by atoms with van der Waals surface area (Å²) in [5, 5.41) is 10.6. The third-order valence-corrected chi connectivity index (χ3v) is 4.60. The quantitative estimate of drug-likeness (QED) is 0.494. The molecule has 10 nitrogen and oxygen atoms in total. The largest absolute Gasteiger partial charge is 0.474 e. The Kier molecular flexibility index (Phi) is 4.62. The van der Waals surface area contributed by atoms with E-state index in [0.717, 1.165) is 25.7 Å². The number of ether oxygens (including phenoxy) is 2. The van der Waals surface area contributed by atoms with Crippen LogP contribution in [-0.2, 0) is 0 Å². The van der Waals surface area contributed by atoms with Crippen LogP contribution in [-0.4, -0.2) is 52.4 Å². The van der Waals surface area contributed by atoms with Gasteiger partial charge < -0.3 is 31.4 Å². The van der Waals surface area contributed by atoms with E-state index in [9.17, 15) is 9.59 Å². The highest BCUT2D eigenvalue weighted by Crippen LogP contribution is 2.56. The van der Waals surface area contributed by atoms with E-state index >= 15 is 0 Å². The maximum Gasteiger partial charge on any atom is 0.404 e. The molecule has 0 atom stereocenters. The molecule has 25 heavy (non-hydrogen) atoms. The van der Waals surface area contributed by atoms with Crippen LogP contribution in [0.5, 0.6) is 11.9 Å². The van der Waals surface area contributed by atoms with Gasteiger partial charge in [0, 0.05) is 6.04 Å². The Bertz CT molecular complexity index is 668. The molecule has 0 aliphatic heterocycles. The fraction of sp³-hybridized carbons (Fsp3) is 0.600. The normalized spacial score (nSPS) is 27.1. The number of primary amides is 1. The molecule has 1 aromatic heterocycles. The fourth-order valence-electron chi connectivity index (χ4n) is 3.51. The summed E-state index contributed by atoms with van der Waals surface area (Å²) in [6, 6.07) is 0.271. The van der Waals surface area contributed by atoms with Crippen molar-refractivity contribution < 1.29 is 24.2 Å². The van der Waals surface area contributed by atoms with E-state index in [2.05, 4.69) is 15.3 Å². The zero-order chi connectivity index (χ0) is 18.0. The van der Waals surface area contributed by atoms with Crippen molar-refractivity contribution in [2.24, 2.45) is 16.9 Å². The number of amides is 2. The van der Waals surface area contributed by atoms with Gasteiger partial charge in [0.2, 0.25) is 5.88 Å². The molecule has 0 saturated heterocycles. The van der Waals surface area contributed by atoms with Crippen molar-refractivity contribution >= 4 is 12.0 Å². The van der Waals surface area contributed by atoms with Crippen molar-refractivity contribution in [1.82, 2.24) is 15.3 Å². The first-order valence-electron chi connectivity index (χ1n) is 8.05. The molecule has 2 aliphatic rings. The molecule has 0 bridgehead atoms. The molecule has 2 aliphatic carbocycles. The van der Waals surface area contributed by atoms with E-state index in [1.54, 1.807) is 0 Å². The Morgan fingerprint density at radius 1 is 1.36 bits per heavy atom. The van der Waals surface area contributed by atoms with Crippen molar-refractivity contribution in [3.63, 3.8) is 0 Å². The van der Waals surface area contributed by atoms with Gasteiger partial charge in [-0.15, -0.1) is 0 Å². The molecule has 136 valence electrons. The molecule has 2 fully saturated rings. The van der Waals surface area contributed by atoms with Gasteiger partial charge in [0.1, 0.15) is 18.3 Å². The molecule has 6 N–H and O–H groups in total. The van der Waals surface area contributed by atoms with E-state index in [1.165, 1.54) is 6.20 Å². The molecule has 0 radical (unpaired) electrons. The van der Waals surface area contributed by atoms with E-state index in [0.29, 0.717) is 0 Å². The maximum absolute atomic E-state index is 11.5. The number of nitrogens with zero attached hydrogens (tertiary/aromatic N) is 2. The number of hydrogen-bond acceptors (Lipinski definition) is 7. The lowest BCUT2D eigenvalue weighted by Crippen LogP contribution is -2.56. The fourth-order valence-corrected chi connectivity index (χ4v) is 3.51. The first-order chi connectivity index (χ1) is 11.9. The number of aromatic nitrogens is 2. The Morgan fingerprint density at radius 3 is 2.68 bits per heavy atom. The van der Waals surface area contributed by atoms with Gasteiger partial charge in [0.15, 0.2) is 0 Å². The summed E-state index contributed by atoms with van der Waals surface area (Å²) in [7, 11) is 0. The summed E-state index contributed by atoms with van der Waals surface area (Å²) < 4.78 is 11.1. The minimum absolute atomic E-state index is 0.00751. The van der Waals surface area contributed by atoms with Crippen molar-refractivity contribution in [1.29, 1.82) is 0 Å². The number of nitrogens with one attached hydrogen (secondary N) is 1. The van der Waals surface area contributed by atoms with Crippen molar-refractivity contribution in [2.45, 2.75) is 37.8 Å². The van der Waals surface area contributed by atoms with Crippen LogP contribution in [0.25, 0.3) is 0 Å². The number of nitrogens with two attached hydrogens (primary N) is 2. The molecule has 1 heterocycles. The minimum Gasteiger partial charge on any atom is -0.474 e. The Balaban J connectivity index is 1.59. The number of carboxylic acid groups (broad SMARTS) is 1. The van der Waals surface area contributed by atoms with Gasteiger partial charge in [-0.3, -0.25) is 4.79 Å². The summed E-state index contributed by atoms with van der Waals surface area (Å²) in [6.45, 7) is 0.129. The third-order valence-electron chi connectivity index (χ3n) is 4.60. The molecule has 2 amide bonds. The van der Waals surface area contributed by atoms with Gasteiger partial charge in [-0.2, -0.15) is 4.98 Å². The van der Waals surface area contributed by atoms with E-state index in [4.69, 9.17) is 26.0 Å². The summed E-state index contributed by atoms with van der Waals surface area (Å²) in [5.41, 5.74) is 11.5. The predicted octanol–water partition coefficient (Wildman–Crippen LogP) is -0.129. The number of carbonyl (C=O) groups excluding carboxylic acids is 1. The lowest BCUT2D eigenvalue weighted by atomic mass is 9.53. The van der Waals surface area contributed by atoms with Crippen LogP contribution in [0.3, 0.4) is 0 Å². The van der Waals surface area contributed by atoms with Gasteiger partial charge in [-0.1, -0.05) is 0 Å². The van der Waals surface area contributed by atoms with Crippen LogP contribution < -0.4 is 26.3 Å². The second-order valence-corrected chi connectivity index (χ2v) is 6.63. The lowest BCUT2D eigenvalue weighted by Gasteiger charge is -2.56. The second kappa shape index (κ2) is 6.71. The Hall–Kier alpha value is -2.62. The molecular formula is C15H21N5O5. The molecule has 10 heteroatoms. The maximum atomic E-state index is 11.5. The minimum atomic E-state index is -1.15. The summed E-state index contributed by atoms with van der Waals surface area (Å²) >= 11 is 0. The Morgan fingerprint density at radius 2 is 2.08 bits per heavy atom. The van der Waals surface area contributed by atoms with Gasteiger partial charge >= 0.3 is 12.1 Å². The lowest BCUT2D eigenvalue weighted by molar-refractivity contribution is -0.0798. The van der Waals surface area contributed by atoms with Crippen LogP contribution in [0, 0.1) is 5.41 Å². The number of rotatable bonds is 7. The van der Waals surface area contributed by atoms with Gasteiger partial charge in [0.25, 0.3) is 5.91 Å². The molecule has 0 aromatic carbocycles. The van der Waals surface area contributed by atoms with Crippen LogP contribution in [0.1, 0.15) is 36.0 Å². The zero-order valence-corrected chi connectivity index (χ0v) is 13.6. The molecule has 0 unspecified atom stereocenters. The first-order valence-corrected chi connectivity index (χ1v) is 8.05. The summed E-state index contributed by atoms with van der Waals surface area (Å²) in [4.78, 5) is 29.9. The molecule has 2 saturated carbocycles. The highest BCUT2D eigenvalue weighted by atomic mass is 16.5.